The molecule has 252 valence electrons. The number of aryl methyl sites for hydroxylation is 2. The fourth-order valence-electron chi connectivity index (χ4n) is 3.13. The molecule has 4 aromatic heterocycles. The molecule has 0 saturated heterocycles. The van der Waals surface area contributed by atoms with Gasteiger partial charge in [-0.2, -0.15) is 5.10 Å². The number of Topliss-reactive ketones (excluding diaryl/α,β-unsaturated/α-hetero) is 4. The lowest BCUT2D eigenvalue weighted by atomic mass is 9.88. The van der Waals surface area contributed by atoms with Gasteiger partial charge < -0.3 is 4.57 Å². The maximum absolute atomic E-state index is 11.6. The number of imidazole rings is 1. The van der Waals surface area contributed by atoms with Crippen LogP contribution in [0.3, 0.4) is 0 Å². The van der Waals surface area contributed by atoms with Crippen molar-refractivity contribution >= 4 is 45.8 Å². The van der Waals surface area contributed by atoms with E-state index in [9.17, 15) is 19.2 Å². The van der Waals surface area contributed by atoms with E-state index in [1.807, 2.05) is 95.5 Å². The molecule has 0 fully saturated rings. The summed E-state index contributed by atoms with van der Waals surface area (Å²) in [5, 5.41) is 14.2. The molecule has 0 spiro atoms. The van der Waals surface area contributed by atoms with Gasteiger partial charge in [-0.15, -0.1) is 21.5 Å². The molecule has 0 N–H and O–H groups in total. The van der Waals surface area contributed by atoms with Crippen molar-refractivity contribution in [3.05, 3.63) is 63.3 Å². The quantitative estimate of drug-likeness (QED) is 0.202. The number of nitrogens with zero attached hydrogens (tertiary/aromatic N) is 7. The van der Waals surface area contributed by atoms with Gasteiger partial charge in [-0.1, -0.05) is 94.4 Å². The van der Waals surface area contributed by atoms with Gasteiger partial charge in [-0.05, 0) is 0 Å². The number of rotatable bonds is 4. The number of thiazole rings is 1. The van der Waals surface area contributed by atoms with Gasteiger partial charge in [0.05, 0.1) is 18.1 Å². The zero-order chi connectivity index (χ0) is 35.7. The normalized spacial score (nSPS) is 11.6. The van der Waals surface area contributed by atoms with Gasteiger partial charge in [0.2, 0.25) is 0 Å². The summed E-state index contributed by atoms with van der Waals surface area (Å²) >= 11 is 2.68. The lowest BCUT2D eigenvalue weighted by Crippen LogP contribution is -2.20. The molecule has 0 saturated carbocycles. The minimum atomic E-state index is -0.348. The predicted molar refractivity (Wildman–Crippen MR) is 184 cm³/mol. The Morgan fingerprint density at radius 3 is 1.52 bits per heavy atom. The molecule has 4 heterocycles. The van der Waals surface area contributed by atoms with Gasteiger partial charge in [-0.25, -0.2) is 9.97 Å². The molecule has 0 radical (unpaired) electrons. The molecule has 4 rings (SSSR count). The minimum absolute atomic E-state index is 0.0556. The van der Waals surface area contributed by atoms with Gasteiger partial charge in [-0.3, -0.25) is 23.9 Å². The SMILES string of the molecule is CC(C)(C)C(=O)c1nccs1.CC(C)(C)C(=O)c1nncs1.Cn1cc(C(=O)C(C)(C)C)cn1.Cn1cnc(C(=O)C(C)(C)C)c1. The van der Waals surface area contributed by atoms with E-state index in [2.05, 4.69) is 25.3 Å². The van der Waals surface area contributed by atoms with E-state index < -0.39 is 0 Å². The van der Waals surface area contributed by atoms with Crippen LogP contribution in [0.15, 0.2) is 42.0 Å². The third-order valence-corrected chi connectivity index (χ3v) is 7.27. The maximum Gasteiger partial charge on any atom is 0.198 e. The van der Waals surface area contributed by atoms with Crippen LogP contribution < -0.4 is 0 Å². The Balaban J connectivity index is 0.000000307. The van der Waals surface area contributed by atoms with Gasteiger partial charge in [0.25, 0.3) is 0 Å². The second kappa shape index (κ2) is 16.2. The number of aromatic nitrogens is 7. The fraction of sp³-hybridized carbons (Fsp3) is 0.545. The molecule has 4 aromatic rings. The third kappa shape index (κ3) is 13.3. The summed E-state index contributed by atoms with van der Waals surface area (Å²) in [6, 6.07) is 0. The summed E-state index contributed by atoms with van der Waals surface area (Å²) < 4.78 is 3.41. The standard InChI is InChI=1S/2C9H14N2O.C8H11NOS.C7H10N2OS/c1-9(2,3)8(12)7-5-11(4)6-10-7;1-9(2,3)8(12)7-5-10-11(4)6-7;1-8(2,3)6(10)7-9-4-5-11-7;1-7(2,3)5(10)6-9-8-4-11-6/h2*5-6H,1-4H3;4-5H,1-3H3;4H,1-3H3. The zero-order valence-corrected chi connectivity index (χ0v) is 31.3. The Bertz CT molecular complexity index is 1440. The molecule has 0 aliphatic heterocycles. The highest BCUT2D eigenvalue weighted by molar-refractivity contribution is 7.11. The molecule has 0 aliphatic carbocycles. The molecular formula is C33H49N7O4S2. The van der Waals surface area contributed by atoms with Crippen molar-refractivity contribution < 1.29 is 19.2 Å². The fourth-order valence-corrected chi connectivity index (χ4v) is 4.62. The van der Waals surface area contributed by atoms with Gasteiger partial charge in [0, 0.05) is 59.7 Å². The van der Waals surface area contributed by atoms with E-state index in [0.717, 1.165) is 0 Å². The molecule has 11 nitrogen and oxygen atoms in total. The smallest absolute Gasteiger partial charge is 0.198 e. The second-order valence-electron chi connectivity index (χ2n) is 14.7. The lowest BCUT2D eigenvalue weighted by molar-refractivity contribution is 0.0848. The number of hydrogen-bond acceptors (Lipinski definition) is 11. The monoisotopic (exact) mass is 671 g/mol. The number of carbonyl (C=O) groups is 4. The molecule has 0 amide bonds. The lowest BCUT2D eigenvalue weighted by Gasteiger charge is -2.14. The molecule has 0 aromatic carbocycles. The summed E-state index contributed by atoms with van der Waals surface area (Å²) in [4.78, 5) is 54.1. The Hall–Kier alpha value is -3.71. The highest BCUT2D eigenvalue weighted by Crippen LogP contribution is 2.23. The van der Waals surface area contributed by atoms with Crippen LogP contribution in [0, 0.1) is 21.7 Å². The van der Waals surface area contributed by atoms with Crippen LogP contribution in [0.25, 0.3) is 0 Å². The molecule has 0 atom stereocenters. The van der Waals surface area contributed by atoms with Crippen molar-refractivity contribution in [2.24, 2.45) is 35.8 Å². The number of hydrogen-bond donors (Lipinski definition) is 0. The first-order chi connectivity index (χ1) is 20.9. The van der Waals surface area contributed by atoms with E-state index in [0.29, 0.717) is 21.3 Å². The largest absolute Gasteiger partial charge is 0.340 e. The first kappa shape index (κ1) is 40.3. The average Bonchev–Trinajstić information content (AvgIpc) is 3.74. The van der Waals surface area contributed by atoms with Crippen LogP contribution >= 0.6 is 22.7 Å². The van der Waals surface area contributed by atoms with Crippen LogP contribution in [-0.2, 0) is 14.1 Å². The van der Waals surface area contributed by atoms with E-state index >= 15 is 0 Å². The highest BCUT2D eigenvalue weighted by Gasteiger charge is 2.26. The summed E-state index contributed by atoms with van der Waals surface area (Å²) in [6.07, 6.45) is 8.39. The van der Waals surface area contributed by atoms with Crippen LogP contribution in [0.2, 0.25) is 0 Å². The highest BCUT2D eigenvalue weighted by atomic mass is 32.1. The third-order valence-electron chi connectivity index (χ3n) is 5.81. The number of ketones is 4. The summed E-state index contributed by atoms with van der Waals surface area (Å²) in [5.41, 5.74) is 1.49. The topological polar surface area (TPSA) is 143 Å². The summed E-state index contributed by atoms with van der Waals surface area (Å²) in [7, 11) is 3.66. The first-order valence-corrected chi connectivity index (χ1v) is 16.4. The van der Waals surface area contributed by atoms with Crippen molar-refractivity contribution in [3.63, 3.8) is 0 Å². The zero-order valence-electron chi connectivity index (χ0n) is 29.6. The van der Waals surface area contributed by atoms with E-state index in [1.165, 1.54) is 22.7 Å². The Kier molecular flexibility index (Phi) is 14.2. The second-order valence-corrected chi connectivity index (χ2v) is 16.5. The molecule has 46 heavy (non-hydrogen) atoms. The van der Waals surface area contributed by atoms with Gasteiger partial charge in [0.15, 0.2) is 33.1 Å². The van der Waals surface area contributed by atoms with Crippen LogP contribution in [-0.4, -0.2) is 57.6 Å². The van der Waals surface area contributed by atoms with E-state index in [1.54, 1.807) is 52.9 Å². The summed E-state index contributed by atoms with van der Waals surface area (Å²) in [5.74, 6) is 0.395. The minimum Gasteiger partial charge on any atom is -0.340 e. The first-order valence-electron chi connectivity index (χ1n) is 14.7. The van der Waals surface area contributed by atoms with Crippen molar-refractivity contribution in [1.82, 2.24) is 34.5 Å². The van der Waals surface area contributed by atoms with Crippen molar-refractivity contribution in [2.75, 3.05) is 0 Å². The molecule has 0 bridgehead atoms. The van der Waals surface area contributed by atoms with E-state index in [-0.39, 0.29) is 44.8 Å². The average molecular weight is 672 g/mol. The predicted octanol–water partition coefficient (Wildman–Crippen LogP) is 7.44. The van der Waals surface area contributed by atoms with Gasteiger partial charge >= 0.3 is 0 Å². The Morgan fingerprint density at radius 1 is 0.652 bits per heavy atom. The van der Waals surface area contributed by atoms with Gasteiger partial charge in [0.1, 0.15) is 11.2 Å². The van der Waals surface area contributed by atoms with Crippen molar-refractivity contribution in [3.8, 4) is 0 Å². The molecular weight excluding hydrogens is 623 g/mol. The van der Waals surface area contributed by atoms with Crippen molar-refractivity contribution in [1.29, 1.82) is 0 Å². The van der Waals surface area contributed by atoms with Crippen LogP contribution in [0.1, 0.15) is 124 Å². The van der Waals surface area contributed by atoms with Crippen LogP contribution in [0.5, 0.6) is 0 Å². The Labute approximate surface area is 280 Å². The molecule has 0 unspecified atom stereocenters. The van der Waals surface area contributed by atoms with Crippen molar-refractivity contribution in [2.45, 2.75) is 83.1 Å². The molecule has 0 aliphatic rings. The van der Waals surface area contributed by atoms with Crippen LogP contribution in [0.4, 0.5) is 0 Å². The maximum atomic E-state index is 11.6. The molecule has 13 heteroatoms. The Morgan fingerprint density at radius 2 is 1.17 bits per heavy atom. The van der Waals surface area contributed by atoms with E-state index in [4.69, 9.17) is 0 Å². The number of carbonyl (C=O) groups excluding carboxylic acids is 4. The summed E-state index contributed by atoms with van der Waals surface area (Å²) in [6.45, 7) is 22.7.